The van der Waals surface area contributed by atoms with Crippen molar-refractivity contribution in [1.82, 2.24) is 14.8 Å². The molecule has 0 bridgehead atoms. The molecule has 0 aliphatic carbocycles. The lowest BCUT2D eigenvalue weighted by Gasteiger charge is -2.28. The van der Waals surface area contributed by atoms with Crippen LogP contribution in [0.1, 0.15) is 25.8 Å². The molecule has 0 radical (unpaired) electrons. The molecule has 1 unspecified atom stereocenters. The fourth-order valence-electron chi connectivity index (χ4n) is 3.87. The van der Waals surface area contributed by atoms with Gasteiger partial charge in [0.25, 0.3) is 0 Å². The number of thioether (sulfide) groups is 1. The van der Waals surface area contributed by atoms with Crippen LogP contribution >= 0.6 is 11.8 Å². The van der Waals surface area contributed by atoms with Gasteiger partial charge >= 0.3 is 0 Å². The molecule has 0 spiro atoms. The maximum absolute atomic E-state index is 12.6. The molecule has 9 nitrogen and oxygen atoms in total. The molecule has 1 aliphatic heterocycles. The third kappa shape index (κ3) is 6.26. The van der Waals surface area contributed by atoms with Gasteiger partial charge in [0.2, 0.25) is 5.91 Å². The van der Waals surface area contributed by atoms with Crippen LogP contribution in [0.4, 0.5) is 11.4 Å². The first-order chi connectivity index (χ1) is 17.1. The number of morpholine rings is 1. The number of carbonyl (C=O) groups excluding carboxylic acids is 1. The van der Waals surface area contributed by atoms with Gasteiger partial charge in [-0.25, -0.2) is 0 Å². The van der Waals surface area contributed by atoms with Crippen LogP contribution in [0, 0.1) is 0 Å². The maximum Gasteiger partial charge on any atom is 0.234 e. The summed E-state index contributed by atoms with van der Waals surface area (Å²) in [5.41, 5.74) is 1.90. The van der Waals surface area contributed by atoms with E-state index in [0.717, 1.165) is 37.7 Å². The second-order valence-electron chi connectivity index (χ2n) is 7.98. The van der Waals surface area contributed by atoms with Gasteiger partial charge in [-0.1, -0.05) is 23.9 Å². The molecule has 10 heteroatoms. The Morgan fingerprint density at radius 2 is 1.83 bits per heavy atom. The smallest absolute Gasteiger partial charge is 0.234 e. The molecule has 1 aromatic heterocycles. The molecule has 0 saturated carbocycles. The molecule has 4 rings (SSSR count). The topological polar surface area (TPSA) is 90.7 Å². The monoisotopic (exact) mass is 497 g/mol. The number of nitrogens with zero attached hydrogens (tertiary/aromatic N) is 4. The number of hydrogen-bond donors (Lipinski definition) is 1. The van der Waals surface area contributed by atoms with E-state index in [1.54, 1.807) is 7.11 Å². The minimum atomic E-state index is -0.341. The molecular formula is C25H31N5O4S. The number of rotatable bonds is 10. The zero-order chi connectivity index (χ0) is 24.6. The number of para-hydroxylation sites is 2. The lowest BCUT2D eigenvalue weighted by atomic mass is 10.2. The fourth-order valence-corrected chi connectivity index (χ4v) is 4.68. The quantitative estimate of drug-likeness (QED) is 0.420. The van der Waals surface area contributed by atoms with E-state index in [4.69, 9.17) is 14.2 Å². The number of aromatic nitrogens is 3. The fraction of sp³-hybridized carbons (Fsp3) is 0.400. The lowest BCUT2D eigenvalue weighted by molar-refractivity contribution is -0.113. The second kappa shape index (κ2) is 11.9. The van der Waals surface area contributed by atoms with Gasteiger partial charge in [-0.3, -0.25) is 4.79 Å². The van der Waals surface area contributed by atoms with E-state index in [1.807, 2.05) is 66.9 Å². The maximum atomic E-state index is 12.6. The minimum Gasteiger partial charge on any atom is -0.493 e. The molecule has 1 saturated heterocycles. The molecule has 1 N–H and O–H groups in total. The van der Waals surface area contributed by atoms with Crippen molar-refractivity contribution in [1.29, 1.82) is 0 Å². The number of anilines is 2. The molecule has 1 amide bonds. The molecule has 186 valence electrons. The van der Waals surface area contributed by atoms with Crippen LogP contribution in [0.2, 0.25) is 0 Å². The van der Waals surface area contributed by atoms with E-state index in [0.29, 0.717) is 29.0 Å². The Bertz CT molecular complexity index is 1120. The Morgan fingerprint density at radius 3 is 2.51 bits per heavy atom. The highest BCUT2D eigenvalue weighted by Crippen LogP contribution is 2.31. The van der Waals surface area contributed by atoms with Gasteiger partial charge in [-0.05, 0) is 50.2 Å². The average Bonchev–Trinajstić information content (AvgIpc) is 3.32. The molecule has 2 aromatic carbocycles. The van der Waals surface area contributed by atoms with Gasteiger partial charge in [0, 0.05) is 31.0 Å². The van der Waals surface area contributed by atoms with Crippen LogP contribution in [0.3, 0.4) is 0 Å². The van der Waals surface area contributed by atoms with E-state index in [9.17, 15) is 4.79 Å². The SMILES string of the molecule is CCn1c(SCC(=O)Nc2ccc(N3CCOCC3)cc2)nnc1C(C)Oc1ccccc1OC. The van der Waals surface area contributed by atoms with E-state index >= 15 is 0 Å². The summed E-state index contributed by atoms with van der Waals surface area (Å²) in [6.45, 7) is 7.84. The Labute approximate surface area is 209 Å². The van der Waals surface area contributed by atoms with Crippen molar-refractivity contribution in [2.24, 2.45) is 0 Å². The molecule has 1 aliphatic rings. The summed E-state index contributed by atoms with van der Waals surface area (Å²) in [7, 11) is 1.61. The van der Waals surface area contributed by atoms with E-state index in [2.05, 4.69) is 20.4 Å². The van der Waals surface area contributed by atoms with Gasteiger partial charge in [-0.2, -0.15) is 0 Å². The predicted octanol–water partition coefficient (Wildman–Crippen LogP) is 4.01. The second-order valence-corrected chi connectivity index (χ2v) is 8.92. The summed E-state index contributed by atoms with van der Waals surface area (Å²) in [6.07, 6.45) is -0.341. The van der Waals surface area contributed by atoms with Crippen LogP contribution in [0.15, 0.2) is 53.7 Å². The highest BCUT2D eigenvalue weighted by molar-refractivity contribution is 7.99. The van der Waals surface area contributed by atoms with E-state index in [1.165, 1.54) is 11.8 Å². The zero-order valence-electron chi connectivity index (χ0n) is 20.3. The van der Waals surface area contributed by atoms with Gasteiger partial charge in [-0.15, -0.1) is 10.2 Å². The number of hydrogen-bond acceptors (Lipinski definition) is 8. The Morgan fingerprint density at radius 1 is 1.11 bits per heavy atom. The number of benzene rings is 2. The normalized spacial score (nSPS) is 14.4. The van der Waals surface area contributed by atoms with Crippen molar-refractivity contribution in [2.45, 2.75) is 31.7 Å². The van der Waals surface area contributed by atoms with E-state index in [-0.39, 0.29) is 17.8 Å². The van der Waals surface area contributed by atoms with Crippen LogP contribution in [-0.2, 0) is 16.1 Å². The third-order valence-corrected chi connectivity index (χ3v) is 6.62. The Hall–Kier alpha value is -3.24. The Kier molecular flexibility index (Phi) is 8.49. The molecule has 35 heavy (non-hydrogen) atoms. The highest BCUT2D eigenvalue weighted by atomic mass is 32.2. The summed E-state index contributed by atoms with van der Waals surface area (Å²) in [5.74, 6) is 2.12. The van der Waals surface area contributed by atoms with Gasteiger partial charge < -0.3 is 29.0 Å². The summed E-state index contributed by atoms with van der Waals surface area (Å²) in [6, 6.07) is 15.4. The van der Waals surface area contributed by atoms with Crippen LogP contribution in [-0.4, -0.2) is 59.8 Å². The van der Waals surface area contributed by atoms with Crippen LogP contribution < -0.4 is 19.7 Å². The summed E-state index contributed by atoms with van der Waals surface area (Å²) >= 11 is 1.35. The highest BCUT2D eigenvalue weighted by Gasteiger charge is 2.20. The summed E-state index contributed by atoms with van der Waals surface area (Å²) < 4.78 is 18.8. The predicted molar refractivity (Wildman–Crippen MR) is 137 cm³/mol. The average molecular weight is 498 g/mol. The Balaban J connectivity index is 1.33. The number of methoxy groups -OCH3 is 1. The van der Waals surface area contributed by atoms with Crippen LogP contribution in [0.25, 0.3) is 0 Å². The first-order valence-corrected chi connectivity index (χ1v) is 12.7. The van der Waals surface area contributed by atoms with Crippen molar-refractivity contribution < 1.29 is 19.0 Å². The largest absolute Gasteiger partial charge is 0.493 e. The van der Waals surface area contributed by atoms with Gasteiger partial charge in [0.15, 0.2) is 28.6 Å². The lowest BCUT2D eigenvalue weighted by Crippen LogP contribution is -2.36. The number of ether oxygens (including phenoxy) is 3. The summed E-state index contributed by atoms with van der Waals surface area (Å²) in [4.78, 5) is 14.8. The zero-order valence-corrected chi connectivity index (χ0v) is 21.1. The number of amides is 1. The van der Waals surface area contributed by atoms with Crippen LogP contribution in [0.5, 0.6) is 11.5 Å². The summed E-state index contributed by atoms with van der Waals surface area (Å²) in [5, 5.41) is 12.3. The third-order valence-electron chi connectivity index (χ3n) is 5.66. The van der Waals surface area contributed by atoms with Gasteiger partial charge in [0.1, 0.15) is 0 Å². The molecular weight excluding hydrogens is 466 g/mol. The van der Waals surface area contributed by atoms with Gasteiger partial charge in [0.05, 0.1) is 26.1 Å². The standard InChI is InChI=1S/C25H31N5O4S/c1-4-30-24(18(2)34-22-8-6-5-7-21(22)32-3)27-28-25(30)35-17-23(31)26-19-9-11-20(12-10-19)29-13-15-33-16-14-29/h5-12,18H,4,13-17H2,1-3H3,(H,26,31). The number of nitrogens with one attached hydrogen (secondary N) is 1. The van der Waals surface area contributed by atoms with Crippen molar-refractivity contribution in [3.8, 4) is 11.5 Å². The molecule has 2 heterocycles. The first kappa shape index (κ1) is 24.9. The van der Waals surface area contributed by atoms with Crippen molar-refractivity contribution in [3.63, 3.8) is 0 Å². The molecule has 1 atom stereocenters. The first-order valence-electron chi connectivity index (χ1n) is 11.7. The molecule has 3 aromatic rings. The van der Waals surface area contributed by atoms with E-state index < -0.39 is 0 Å². The number of carbonyl (C=O) groups is 1. The van der Waals surface area contributed by atoms with Crippen molar-refractivity contribution in [3.05, 3.63) is 54.4 Å². The van der Waals surface area contributed by atoms with Crippen molar-refractivity contribution in [2.75, 3.05) is 49.4 Å². The minimum absolute atomic E-state index is 0.0976. The molecule has 1 fully saturated rings. The van der Waals surface area contributed by atoms with Crippen molar-refractivity contribution >= 4 is 29.0 Å².